The number of rotatable bonds is 4. The van der Waals surface area contributed by atoms with Crippen molar-refractivity contribution in [3.63, 3.8) is 0 Å². The van der Waals surface area contributed by atoms with Gasteiger partial charge in [0.15, 0.2) is 0 Å². The van der Waals surface area contributed by atoms with Crippen molar-refractivity contribution < 1.29 is 5.11 Å². The predicted octanol–water partition coefficient (Wildman–Crippen LogP) is 1.40. The fourth-order valence-electron chi connectivity index (χ4n) is 2.57. The highest BCUT2D eigenvalue weighted by molar-refractivity contribution is 6.30. The van der Waals surface area contributed by atoms with E-state index in [2.05, 4.69) is 26.8 Å². The maximum atomic E-state index is 9.39. The van der Waals surface area contributed by atoms with Gasteiger partial charge in [0.1, 0.15) is 17.3 Å². The smallest absolute Gasteiger partial charge is 0.140 e. The van der Waals surface area contributed by atoms with Crippen LogP contribution in [0.25, 0.3) is 0 Å². The van der Waals surface area contributed by atoms with Crippen LogP contribution in [-0.4, -0.2) is 53.7 Å². The molecule has 0 aliphatic carbocycles. The fraction of sp³-hybridized carbons (Fsp3) is 0.692. The summed E-state index contributed by atoms with van der Waals surface area (Å²) in [5.41, 5.74) is 0.611. The molecule has 106 valence electrons. The highest BCUT2D eigenvalue weighted by Crippen LogP contribution is 2.25. The Morgan fingerprint density at radius 3 is 2.74 bits per heavy atom. The number of halogens is 1. The van der Waals surface area contributed by atoms with E-state index in [4.69, 9.17) is 11.6 Å². The van der Waals surface area contributed by atoms with E-state index in [-0.39, 0.29) is 6.61 Å². The number of aliphatic hydroxyl groups excluding tert-OH is 1. The van der Waals surface area contributed by atoms with Crippen molar-refractivity contribution in [2.45, 2.75) is 19.4 Å². The van der Waals surface area contributed by atoms with Gasteiger partial charge in [-0.3, -0.25) is 0 Å². The Balaban J connectivity index is 2.03. The number of hydrogen-bond acceptors (Lipinski definition) is 5. The van der Waals surface area contributed by atoms with Gasteiger partial charge in [-0.15, -0.1) is 0 Å². The number of piperidine rings is 1. The molecule has 1 fully saturated rings. The van der Waals surface area contributed by atoms with Crippen LogP contribution < -0.4 is 4.90 Å². The average Bonchev–Trinajstić information content (AvgIpc) is 2.41. The summed E-state index contributed by atoms with van der Waals surface area (Å²) < 4.78 is 0. The molecule has 0 bridgehead atoms. The van der Waals surface area contributed by atoms with Crippen molar-refractivity contribution in [1.29, 1.82) is 0 Å². The highest BCUT2D eigenvalue weighted by Gasteiger charge is 2.20. The van der Waals surface area contributed by atoms with Gasteiger partial charge in [-0.25, -0.2) is 9.97 Å². The van der Waals surface area contributed by atoms with Gasteiger partial charge in [-0.1, -0.05) is 11.6 Å². The average molecular weight is 285 g/mol. The molecule has 0 unspecified atom stereocenters. The number of hydrogen-bond donors (Lipinski definition) is 1. The molecule has 0 amide bonds. The molecule has 1 aliphatic rings. The van der Waals surface area contributed by atoms with Gasteiger partial charge in [-0.05, 0) is 38.9 Å². The zero-order chi connectivity index (χ0) is 13.8. The highest BCUT2D eigenvalue weighted by atomic mass is 35.5. The van der Waals surface area contributed by atoms with Gasteiger partial charge >= 0.3 is 0 Å². The van der Waals surface area contributed by atoms with E-state index < -0.39 is 0 Å². The van der Waals surface area contributed by atoms with Crippen molar-refractivity contribution in [2.24, 2.45) is 5.92 Å². The summed E-state index contributed by atoms with van der Waals surface area (Å²) in [5.74, 6) is 1.41. The quantitative estimate of drug-likeness (QED) is 0.847. The van der Waals surface area contributed by atoms with Gasteiger partial charge < -0.3 is 14.9 Å². The third-order valence-corrected chi connectivity index (χ3v) is 4.09. The van der Waals surface area contributed by atoms with Crippen LogP contribution in [0.3, 0.4) is 0 Å². The maximum Gasteiger partial charge on any atom is 0.140 e. The second kappa shape index (κ2) is 6.50. The second-order valence-corrected chi connectivity index (χ2v) is 5.61. The normalized spacial score (nSPS) is 17.7. The molecule has 1 aliphatic heterocycles. The molecule has 6 heteroatoms. The Kier molecular flexibility index (Phi) is 4.96. The zero-order valence-electron chi connectivity index (χ0n) is 11.5. The largest absolute Gasteiger partial charge is 0.391 e. The minimum atomic E-state index is -0.132. The molecule has 2 rings (SSSR count). The molecule has 1 saturated heterocycles. The molecule has 2 heterocycles. The fourth-order valence-corrected chi connectivity index (χ4v) is 2.75. The van der Waals surface area contributed by atoms with Crippen LogP contribution in [0.2, 0.25) is 5.15 Å². The molecule has 0 radical (unpaired) electrons. The lowest BCUT2D eigenvalue weighted by Crippen LogP contribution is -2.36. The monoisotopic (exact) mass is 284 g/mol. The minimum Gasteiger partial charge on any atom is -0.391 e. The Morgan fingerprint density at radius 2 is 2.11 bits per heavy atom. The van der Waals surface area contributed by atoms with Crippen LogP contribution in [0.15, 0.2) is 6.33 Å². The lowest BCUT2D eigenvalue weighted by Gasteiger charge is -2.32. The Labute approximate surface area is 119 Å². The third-order valence-electron chi connectivity index (χ3n) is 3.76. The minimum absolute atomic E-state index is 0.132. The summed E-state index contributed by atoms with van der Waals surface area (Å²) in [6, 6.07) is 0. The molecule has 0 spiro atoms. The molecule has 5 nitrogen and oxygen atoms in total. The van der Waals surface area contributed by atoms with Gasteiger partial charge in [0.25, 0.3) is 0 Å². The van der Waals surface area contributed by atoms with Crippen molar-refractivity contribution in [1.82, 2.24) is 14.9 Å². The summed E-state index contributed by atoms with van der Waals surface area (Å²) in [5, 5.41) is 9.73. The standard InChI is InChI=1S/C13H21ClN4O/c1-17-5-3-10(4-6-17)7-18(2)13-11(8-19)12(14)15-9-16-13/h9-10,19H,3-8H2,1-2H3. The van der Waals surface area contributed by atoms with Crippen LogP contribution in [0.4, 0.5) is 5.82 Å². The maximum absolute atomic E-state index is 9.39. The SMILES string of the molecule is CN1CCC(CN(C)c2ncnc(Cl)c2CO)CC1. The molecule has 1 aromatic heterocycles. The first-order chi connectivity index (χ1) is 9.11. The Bertz CT molecular complexity index is 421. The molecule has 0 aromatic carbocycles. The Hall–Kier alpha value is -0.910. The summed E-state index contributed by atoms with van der Waals surface area (Å²) in [4.78, 5) is 12.6. The van der Waals surface area contributed by atoms with Crippen molar-refractivity contribution >= 4 is 17.4 Å². The topological polar surface area (TPSA) is 52.5 Å². The molecule has 1 aromatic rings. The van der Waals surface area contributed by atoms with E-state index in [0.29, 0.717) is 16.6 Å². The van der Waals surface area contributed by atoms with E-state index >= 15 is 0 Å². The van der Waals surface area contributed by atoms with Gasteiger partial charge in [-0.2, -0.15) is 0 Å². The summed E-state index contributed by atoms with van der Waals surface area (Å²) in [7, 11) is 4.16. The molecular weight excluding hydrogens is 264 g/mol. The third kappa shape index (κ3) is 3.55. The van der Waals surface area contributed by atoms with E-state index in [0.717, 1.165) is 25.5 Å². The molecule has 0 atom stereocenters. The van der Waals surface area contributed by atoms with Gasteiger partial charge in [0.2, 0.25) is 0 Å². The first-order valence-electron chi connectivity index (χ1n) is 6.61. The van der Waals surface area contributed by atoms with E-state index in [9.17, 15) is 5.11 Å². The van der Waals surface area contributed by atoms with Gasteiger partial charge in [0, 0.05) is 13.6 Å². The molecule has 0 saturated carbocycles. The molecular formula is C13H21ClN4O. The van der Waals surface area contributed by atoms with Crippen LogP contribution in [0, 0.1) is 5.92 Å². The number of likely N-dealkylation sites (tertiary alicyclic amines) is 1. The molecule has 1 N–H and O–H groups in total. The van der Waals surface area contributed by atoms with Crippen LogP contribution >= 0.6 is 11.6 Å². The number of aliphatic hydroxyl groups is 1. The predicted molar refractivity (Wildman–Crippen MR) is 76.5 cm³/mol. The lowest BCUT2D eigenvalue weighted by atomic mass is 9.96. The first-order valence-corrected chi connectivity index (χ1v) is 6.99. The van der Waals surface area contributed by atoms with Crippen LogP contribution in [0.5, 0.6) is 0 Å². The summed E-state index contributed by atoms with van der Waals surface area (Å²) in [6.45, 7) is 3.10. The lowest BCUT2D eigenvalue weighted by molar-refractivity contribution is 0.222. The van der Waals surface area contributed by atoms with E-state index in [1.54, 1.807) is 0 Å². The first kappa shape index (κ1) is 14.5. The van der Waals surface area contributed by atoms with E-state index in [1.165, 1.54) is 19.2 Å². The number of aromatic nitrogens is 2. The van der Waals surface area contributed by atoms with Gasteiger partial charge in [0.05, 0.1) is 12.2 Å². The van der Waals surface area contributed by atoms with Crippen molar-refractivity contribution in [3.8, 4) is 0 Å². The summed E-state index contributed by atoms with van der Waals surface area (Å²) in [6.07, 6.45) is 3.85. The van der Waals surface area contributed by atoms with Crippen molar-refractivity contribution in [3.05, 3.63) is 17.0 Å². The zero-order valence-corrected chi connectivity index (χ0v) is 12.3. The van der Waals surface area contributed by atoms with Crippen LogP contribution in [-0.2, 0) is 6.61 Å². The van der Waals surface area contributed by atoms with E-state index in [1.807, 2.05) is 7.05 Å². The molecule has 19 heavy (non-hydrogen) atoms. The van der Waals surface area contributed by atoms with Crippen LogP contribution in [0.1, 0.15) is 18.4 Å². The van der Waals surface area contributed by atoms with Crippen molar-refractivity contribution in [2.75, 3.05) is 38.6 Å². The second-order valence-electron chi connectivity index (χ2n) is 5.25. The summed E-state index contributed by atoms with van der Waals surface area (Å²) >= 11 is 5.99. The Morgan fingerprint density at radius 1 is 1.42 bits per heavy atom. The number of anilines is 1. The number of nitrogens with zero attached hydrogens (tertiary/aromatic N) is 4.